The molecule has 10 nitrogen and oxygen atoms in total. The highest BCUT2D eigenvalue weighted by atomic mass is 16.5. The van der Waals surface area contributed by atoms with Crippen molar-refractivity contribution in [3.8, 4) is 11.5 Å². The van der Waals surface area contributed by atoms with E-state index in [-0.39, 0.29) is 24.8 Å². The number of piperazine rings is 1. The fourth-order valence-corrected chi connectivity index (χ4v) is 3.48. The highest BCUT2D eigenvalue weighted by Gasteiger charge is 2.22. The molecule has 1 aromatic carbocycles. The van der Waals surface area contributed by atoms with Crippen LogP contribution < -0.4 is 14.8 Å². The second-order valence-corrected chi connectivity index (χ2v) is 7.83. The van der Waals surface area contributed by atoms with Gasteiger partial charge in [-0.15, -0.1) is 0 Å². The molecule has 1 amide bonds. The van der Waals surface area contributed by atoms with Gasteiger partial charge in [0.25, 0.3) is 0 Å². The zero-order chi connectivity index (χ0) is 23.1. The Morgan fingerprint density at radius 3 is 2.53 bits per heavy atom. The molecule has 0 aliphatic carbocycles. The van der Waals surface area contributed by atoms with Crippen molar-refractivity contribution in [2.45, 2.75) is 20.0 Å². The van der Waals surface area contributed by atoms with Gasteiger partial charge in [-0.2, -0.15) is 0 Å². The van der Waals surface area contributed by atoms with Crippen LogP contribution >= 0.6 is 0 Å². The van der Waals surface area contributed by atoms with E-state index in [9.17, 15) is 14.7 Å². The van der Waals surface area contributed by atoms with Crippen LogP contribution in [0, 0.1) is 6.92 Å². The summed E-state index contributed by atoms with van der Waals surface area (Å²) >= 11 is 0. The third-order valence-corrected chi connectivity index (χ3v) is 5.20. The molecular weight excluding hydrogens is 416 g/mol. The number of rotatable bonds is 10. The molecule has 3 rings (SSSR count). The summed E-state index contributed by atoms with van der Waals surface area (Å²) in [5, 5.41) is 16.9. The smallest absolute Gasteiger partial charge is 0.239 e. The van der Waals surface area contributed by atoms with Crippen molar-refractivity contribution in [2.75, 3.05) is 58.3 Å². The van der Waals surface area contributed by atoms with Crippen LogP contribution in [0.4, 0.5) is 5.82 Å². The molecule has 1 aliphatic rings. The largest absolute Gasteiger partial charge is 0.493 e. The molecule has 1 aliphatic heterocycles. The molecule has 0 bridgehead atoms. The number of nitrogens with zero attached hydrogens (tertiary/aromatic N) is 3. The van der Waals surface area contributed by atoms with Gasteiger partial charge in [-0.25, -0.2) is 0 Å². The van der Waals surface area contributed by atoms with Crippen LogP contribution in [0.25, 0.3) is 0 Å². The van der Waals surface area contributed by atoms with Crippen LogP contribution in [0.3, 0.4) is 0 Å². The van der Waals surface area contributed by atoms with Crippen LogP contribution in [-0.4, -0.2) is 90.8 Å². The van der Waals surface area contributed by atoms with Crippen molar-refractivity contribution in [3.05, 3.63) is 35.6 Å². The highest BCUT2D eigenvalue weighted by molar-refractivity contribution is 5.94. The summed E-state index contributed by atoms with van der Waals surface area (Å²) in [7, 11) is 1.51. The van der Waals surface area contributed by atoms with E-state index in [1.54, 1.807) is 31.2 Å². The fourth-order valence-electron chi connectivity index (χ4n) is 3.48. The number of amides is 1. The Balaban J connectivity index is 1.38. The summed E-state index contributed by atoms with van der Waals surface area (Å²) in [5.74, 6) is 1.81. The van der Waals surface area contributed by atoms with Gasteiger partial charge in [0.15, 0.2) is 23.1 Å². The number of methoxy groups -OCH3 is 1. The van der Waals surface area contributed by atoms with Crippen molar-refractivity contribution in [2.24, 2.45) is 0 Å². The quantitative estimate of drug-likeness (QED) is 0.519. The zero-order valence-electron chi connectivity index (χ0n) is 18.7. The number of Topliss-reactive ketones (excluding diaryl/α,β-unsaturated/α-hetero) is 1. The molecule has 1 saturated heterocycles. The Morgan fingerprint density at radius 2 is 1.91 bits per heavy atom. The van der Waals surface area contributed by atoms with Gasteiger partial charge in [0, 0.05) is 44.4 Å². The number of carbonyl (C=O) groups excluding carboxylic acids is 2. The van der Waals surface area contributed by atoms with Gasteiger partial charge < -0.3 is 24.4 Å². The van der Waals surface area contributed by atoms with E-state index in [1.807, 2.05) is 0 Å². The Bertz CT molecular complexity index is 923. The summed E-state index contributed by atoms with van der Waals surface area (Å²) < 4.78 is 15.9. The minimum absolute atomic E-state index is 0.0558. The summed E-state index contributed by atoms with van der Waals surface area (Å²) in [6, 6.07) is 6.65. The van der Waals surface area contributed by atoms with E-state index in [0.717, 1.165) is 26.2 Å². The first-order valence-electron chi connectivity index (χ1n) is 10.5. The lowest BCUT2D eigenvalue weighted by Gasteiger charge is -2.35. The molecule has 2 aromatic rings. The molecule has 1 aromatic heterocycles. The van der Waals surface area contributed by atoms with Crippen LogP contribution in [0.5, 0.6) is 11.5 Å². The summed E-state index contributed by atoms with van der Waals surface area (Å²) in [6.45, 7) is 7.03. The molecule has 0 spiro atoms. The maximum absolute atomic E-state index is 12.1. The predicted octanol–water partition coefficient (Wildman–Crippen LogP) is 1.19. The number of benzene rings is 1. The number of aryl methyl sites for hydroxylation is 1. The number of aromatic nitrogens is 1. The molecular formula is C22H30N4O6. The third kappa shape index (κ3) is 6.78. The van der Waals surface area contributed by atoms with E-state index in [4.69, 9.17) is 14.0 Å². The fraction of sp³-hybridized carbons (Fsp3) is 0.500. The lowest BCUT2D eigenvalue weighted by Crippen LogP contribution is -2.50. The Labute approximate surface area is 187 Å². The number of aliphatic hydroxyl groups excluding tert-OH is 1. The van der Waals surface area contributed by atoms with E-state index in [1.165, 1.54) is 14.0 Å². The number of hydrogen-bond acceptors (Lipinski definition) is 9. The van der Waals surface area contributed by atoms with Crippen molar-refractivity contribution < 1.29 is 28.7 Å². The number of β-amino-alcohol motifs (C(OH)–C–C–N with tert-alkyl or cyclic N) is 1. The first-order valence-corrected chi connectivity index (χ1v) is 10.5. The number of ketones is 1. The summed E-state index contributed by atoms with van der Waals surface area (Å²) in [5.41, 5.74) is 0.539. The maximum atomic E-state index is 12.1. The van der Waals surface area contributed by atoms with Crippen molar-refractivity contribution >= 4 is 17.5 Å². The number of ether oxygens (including phenoxy) is 2. The first-order chi connectivity index (χ1) is 15.3. The Hall–Kier alpha value is -2.95. The molecule has 10 heteroatoms. The van der Waals surface area contributed by atoms with Gasteiger partial charge in [-0.05, 0) is 32.0 Å². The van der Waals surface area contributed by atoms with E-state index in [0.29, 0.717) is 35.2 Å². The monoisotopic (exact) mass is 446 g/mol. The van der Waals surface area contributed by atoms with E-state index < -0.39 is 6.10 Å². The highest BCUT2D eigenvalue weighted by Crippen LogP contribution is 2.28. The van der Waals surface area contributed by atoms with Crippen molar-refractivity contribution in [1.82, 2.24) is 15.0 Å². The van der Waals surface area contributed by atoms with Crippen LogP contribution in [0.2, 0.25) is 0 Å². The first kappa shape index (κ1) is 23.7. The number of aliphatic hydroxyl groups is 1. The third-order valence-electron chi connectivity index (χ3n) is 5.20. The standard InChI is InChI=1S/C22H30N4O6/c1-15-10-21(24-32-15)23-22(29)13-26-8-6-25(7-9-26)12-18(28)14-31-19-5-4-17(16(2)27)11-20(19)30-3/h4-5,10-11,18,28H,6-9,12-14H2,1-3H3,(H,23,24,29). The zero-order valence-corrected chi connectivity index (χ0v) is 18.7. The molecule has 174 valence electrons. The average molecular weight is 447 g/mol. The number of anilines is 1. The number of nitrogens with one attached hydrogen (secondary N) is 1. The Morgan fingerprint density at radius 1 is 1.19 bits per heavy atom. The van der Waals surface area contributed by atoms with Crippen LogP contribution in [-0.2, 0) is 4.79 Å². The molecule has 1 fully saturated rings. The van der Waals surface area contributed by atoms with Crippen molar-refractivity contribution in [3.63, 3.8) is 0 Å². The predicted molar refractivity (Wildman–Crippen MR) is 117 cm³/mol. The lowest BCUT2D eigenvalue weighted by atomic mass is 10.1. The van der Waals surface area contributed by atoms with Gasteiger partial charge in [0.05, 0.1) is 13.7 Å². The van der Waals surface area contributed by atoms with Gasteiger partial charge in [-0.3, -0.25) is 19.4 Å². The van der Waals surface area contributed by atoms with E-state index >= 15 is 0 Å². The van der Waals surface area contributed by atoms with Gasteiger partial charge in [-0.1, -0.05) is 5.16 Å². The normalized spacial score (nSPS) is 15.9. The number of carbonyl (C=O) groups is 2. The second-order valence-electron chi connectivity index (χ2n) is 7.83. The molecule has 1 atom stereocenters. The van der Waals surface area contributed by atoms with Gasteiger partial charge >= 0.3 is 0 Å². The molecule has 0 saturated carbocycles. The molecule has 2 heterocycles. The summed E-state index contributed by atoms with van der Waals surface area (Å²) in [6.07, 6.45) is -0.683. The average Bonchev–Trinajstić information content (AvgIpc) is 3.17. The molecule has 1 unspecified atom stereocenters. The topological polar surface area (TPSA) is 117 Å². The number of hydrogen-bond donors (Lipinski definition) is 2. The minimum atomic E-state index is -0.683. The second kappa shape index (κ2) is 11.1. The SMILES string of the molecule is COc1cc(C(C)=O)ccc1OCC(O)CN1CCN(CC(=O)Nc2cc(C)on2)CC1. The van der Waals surface area contributed by atoms with Gasteiger partial charge in [0.1, 0.15) is 18.5 Å². The Kier molecular flexibility index (Phi) is 8.20. The minimum Gasteiger partial charge on any atom is -0.493 e. The van der Waals surface area contributed by atoms with Crippen LogP contribution in [0.15, 0.2) is 28.8 Å². The maximum Gasteiger partial charge on any atom is 0.239 e. The van der Waals surface area contributed by atoms with Gasteiger partial charge in [0.2, 0.25) is 5.91 Å². The van der Waals surface area contributed by atoms with Crippen LogP contribution in [0.1, 0.15) is 23.0 Å². The van der Waals surface area contributed by atoms with Crippen molar-refractivity contribution in [1.29, 1.82) is 0 Å². The summed E-state index contributed by atoms with van der Waals surface area (Å²) in [4.78, 5) is 27.8. The van der Waals surface area contributed by atoms with E-state index in [2.05, 4.69) is 20.3 Å². The lowest BCUT2D eigenvalue weighted by molar-refractivity contribution is -0.117. The molecule has 0 radical (unpaired) electrons. The molecule has 2 N–H and O–H groups in total. The molecule has 32 heavy (non-hydrogen) atoms.